The molecule has 0 bridgehead atoms. The second kappa shape index (κ2) is 4.07. The SMILES string of the molecule is C[Si-]=C1C=C[CH+]c2cccc(N(C)C)c21. The van der Waals surface area contributed by atoms with Crippen molar-refractivity contribution in [2.24, 2.45) is 0 Å². The molecule has 0 fully saturated rings. The van der Waals surface area contributed by atoms with E-state index in [1.807, 2.05) is 0 Å². The molecule has 0 heterocycles. The van der Waals surface area contributed by atoms with Gasteiger partial charge in [0.25, 0.3) is 0 Å². The summed E-state index contributed by atoms with van der Waals surface area (Å²) in [4.78, 5) is 2.19. The van der Waals surface area contributed by atoms with E-state index in [4.69, 9.17) is 0 Å². The highest BCUT2D eigenvalue weighted by molar-refractivity contribution is 6.60. The molecule has 0 atom stereocenters. The van der Waals surface area contributed by atoms with Crippen LogP contribution in [0.1, 0.15) is 11.1 Å². The fourth-order valence-corrected chi connectivity index (χ4v) is 2.69. The van der Waals surface area contributed by atoms with Gasteiger partial charge in [0.2, 0.25) is 0 Å². The first kappa shape index (κ1) is 10.2. The monoisotopic (exact) mass is 213 g/mol. The van der Waals surface area contributed by atoms with Crippen molar-refractivity contribution in [1.29, 1.82) is 0 Å². The summed E-state index contributed by atoms with van der Waals surface area (Å²) < 4.78 is 0. The van der Waals surface area contributed by atoms with Crippen LogP contribution >= 0.6 is 0 Å². The average molecular weight is 213 g/mol. The molecule has 0 aliphatic heterocycles. The van der Waals surface area contributed by atoms with Gasteiger partial charge in [0.05, 0.1) is 11.3 Å². The number of hydrogen-bond acceptors (Lipinski definition) is 1. The maximum Gasteiger partial charge on any atom is 0.103 e. The van der Waals surface area contributed by atoms with Gasteiger partial charge < -0.3 is 14.0 Å². The van der Waals surface area contributed by atoms with E-state index in [1.54, 1.807) is 0 Å². The van der Waals surface area contributed by atoms with Gasteiger partial charge in [-0.2, -0.15) is 0 Å². The Bertz CT molecular complexity index is 430. The molecular formula is C13H15NSi. The molecule has 1 aromatic rings. The molecule has 1 aliphatic carbocycles. The predicted molar refractivity (Wildman–Crippen MR) is 69.0 cm³/mol. The molecule has 0 saturated heterocycles. The number of nitrogens with zero attached hydrogens (tertiary/aromatic N) is 1. The molecule has 2 heteroatoms. The van der Waals surface area contributed by atoms with Crippen LogP contribution in [0.15, 0.2) is 30.4 Å². The molecule has 15 heavy (non-hydrogen) atoms. The minimum atomic E-state index is 0.846. The topological polar surface area (TPSA) is 3.24 Å². The molecule has 0 radical (unpaired) electrons. The van der Waals surface area contributed by atoms with E-state index in [1.165, 1.54) is 22.0 Å². The van der Waals surface area contributed by atoms with Gasteiger partial charge in [-0.3, -0.25) is 0 Å². The lowest BCUT2D eigenvalue weighted by atomic mass is 9.94. The quantitative estimate of drug-likeness (QED) is 0.510. The van der Waals surface area contributed by atoms with Crippen LogP contribution in [0.4, 0.5) is 5.69 Å². The van der Waals surface area contributed by atoms with Gasteiger partial charge in [0, 0.05) is 32.7 Å². The van der Waals surface area contributed by atoms with E-state index in [0.717, 1.165) is 9.13 Å². The second-order valence-corrected chi connectivity index (χ2v) is 4.86. The Hall–Kier alpha value is -1.28. The molecule has 76 valence electrons. The summed E-state index contributed by atoms with van der Waals surface area (Å²) in [6.45, 7) is 2.24. The summed E-state index contributed by atoms with van der Waals surface area (Å²) >= 11 is 0. The van der Waals surface area contributed by atoms with Gasteiger partial charge in [-0.05, 0) is 18.2 Å². The molecule has 1 nitrogen and oxygen atoms in total. The summed E-state index contributed by atoms with van der Waals surface area (Å²) in [6.07, 6.45) is 6.56. The number of fused-ring (bicyclic) bond motifs is 1. The van der Waals surface area contributed by atoms with Gasteiger partial charge in [-0.25, -0.2) is 6.55 Å². The second-order valence-electron chi connectivity index (χ2n) is 3.83. The zero-order valence-corrected chi connectivity index (χ0v) is 10.4. The Morgan fingerprint density at radius 1 is 1.27 bits per heavy atom. The van der Waals surface area contributed by atoms with E-state index < -0.39 is 0 Å². The number of rotatable bonds is 1. The smallest absolute Gasteiger partial charge is 0.103 e. The summed E-state index contributed by atoms with van der Waals surface area (Å²) in [7, 11) is 5.05. The van der Waals surface area contributed by atoms with Gasteiger partial charge in [0.15, 0.2) is 0 Å². The molecular weight excluding hydrogens is 198 g/mol. The molecule has 1 aromatic carbocycles. The molecule has 0 N–H and O–H groups in total. The average Bonchev–Trinajstić information content (AvgIpc) is 2.27. The van der Waals surface area contributed by atoms with Crippen LogP contribution in [0.2, 0.25) is 6.55 Å². The third kappa shape index (κ3) is 1.77. The first-order valence-electron chi connectivity index (χ1n) is 5.11. The summed E-state index contributed by atoms with van der Waals surface area (Å²) in [5.74, 6) is 0. The van der Waals surface area contributed by atoms with Crippen molar-refractivity contribution in [2.45, 2.75) is 6.55 Å². The highest BCUT2D eigenvalue weighted by Crippen LogP contribution is 2.27. The minimum Gasteiger partial charge on any atom is -0.411 e. The standard InChI is InChI=1S/C13H15NSi/c1-14(2)11-8-4-6-10-7-5-9-12(15-3)13(10)11/h4-9H,1-3H3. The van der Waals surface area contributed by atoms with E-state index in [0.29, 0.717) is 0 Å². The van der Waals surface area contributed by atoms with Crippen molar-refractivity contribution in [3.63, 3.8) is 0 Å². The first-order chi connectivity index (χ1) is 7.24. The van der Waals surface area contributed by atoms with Crippen molar-refractivity contribution in [1.82, 2.24) is 0 Å². The molecule has 2 rings (SSSR count). The number of benzene rings is 1. The van der Waals surface area contributed by atoms with Crippen LogP contribution in [0.3, 0.4) is 0 Å². The van der Waals surface area contributed by atoms with Crippen LogP contribution < -0.4 is 4.90 Å². The fraction of sp³-hybridized carbons (Fsp3) is 0.231. The van der Waals surface area contributed by atoms with E-state index in [9.17, 15) is 0 Å². The Labute approximate surface area is 93.9 Å². The maximum atomic E-state index is 2.24. The van der Waals surface area contributed by atoms with Crippen molar-refractivity contribution in [3.05, 3.63) is 47.9 Å². The largest absolute Gasteiger partial charge is 0.411 e. The van der Waals surface area contributed by atoms with Crippen molar-refractivity contribution in [2.75, 3.05) is 19.0 Å². The zero-order chi connectivity index (χ0) is 10.8. The highest BCUT2D eigenvalue weighted by Gasteiger charge is 2.17. The van der Waals surface area contributed by atoms with Crippen LogP contribution in [-0.4, -0.2) is 28.4 Å². The number of anilines is 1. The lowest BCUT2D eigenvalue weighted by Gasteiger charge is -2.21. The van der Waals surface area contributed by atoms with E-state index in [-0.39, 0.29) is 0 Å². The van der Waals surface area contributed by atoms with Crippen molar-refractivity contribution < 1.29 is 0 Å². The number of allylic oxidation sites excluding steroid dienone is 2. The summed E-state index contributed by atoms with van der Waals surface area (Å²) in [6, 6.07) is 6.50. The van der Waals surface area contributed by atoms with Gasteiger partial charge in [0.1, 0.15) is 5.56 Å². The minimum absolute atomic E-state index is 0.846. The van der Waals surface area contributed by atoms with E-state index in [2.05, 4.69) is 62.3 Å². The molecule has 0 saturated carbocycles. The zero-order valence-electron chi connectivity index (χ0n) is 9.41. The normalized spacial score (nSPS) is 16.1. The Morgan fingerprint density at radius 3 is 2.73 bits per heavy atom. The van der Waals surface area contributed by atoms with E-state index >= 15 is 0 Å². The maximum absolute atomic E-state index is 2.24. The van der Waals surface area contributed by atoms with Crippen molar-refractivity contribution >= 4 is 20.0 Å². The predicted octanol–water partition coefficient (Wildman–Crippen LogP) is 2.15. The molecule has 1 aliphatic rings. The molecule has 0 amide bonds. The van der Waals surface area contributed by atoms with Gasteiger partial charge >= 0.3 is 0 Å². The van der Waals surface area contributed by atoms with Crippen molar-refractivity contribution in [3.8, 4) is 0 Å². The fourth-order valence-electron chi connectivity index (χ4n) is 1.90. The lowest BCUT2D eigenvalue weighted by Crippen LogP contribution is -2.17. The Morgan fingerprint density at radius 2 is 2.07 bits per heavy atom. The van der Waals surface area contributed by atoms with Gasteiger partial charge in [-0.1, -0.05) is 0 Å². The lowest BCUT2D eigenvalue weighted by molar-refractivity contribution is 1.12. The Kier molecular flexibility index (Phi) is 2.78. The first-order valence-corrected chi connectivity index (χ1v) is 6.61. The molecule has 0 spiro atoms. The third-order valence-electron chi connectivity index (χ3n) is 2.63. The summed E-state index contributed by atoms with van der Waals surface area (Å²) in [5.41, 5.74) is 4.07. The van der Waals surface area contributed by atoms with Crippen LogP contribution in [0.5, 0.6) is 0 Å². The third-order valence-corrected chi connectivity index (χ3v) is 3.59. The van der Waals surface area contributed by atoms with Crippen LogP contribution in [-0.2, 0) is 0 Å². The molecule has 0 unspecified atom stereocenters. The number of hydrogen-bond donors (Lipinski definition) is 0. The van der Waals surface area contributed by atoms with Crippen LogP contribution in [0, 0.1) is 6.42 Å². The Balaban J connectivity index is 2.64. The molecule has 0 aromatic heterocycles. The van der Waals surface area contributed by atoms with Gasteiger partial charge in [-0.15, -0.1) is 5.17 Å². The highest BCUT2D eigenvalue weighted by atomic mass is 28.2. The summed E-state index contributed by atoms with van der Waals surface area (Å²) in [5, 5.41) is 1.46. The van der Waals surface area contributed by atoms with Crippen LogP contribution in [0.25, 0.3) is 0 Å².